The fourth-order valence-electron chi connectivity index (χ4n) is 0.856. The summed E-state index contributed by atoms with van der Waals surface area (Å²) in [7, 11) is 0. The van der Waals surface area contributed by atoms with E-state index in [1.54, 1.807) is 13.8 Å². The quantitative estimate of drug-likeness (QED) is 0.283. The fourth-order valence-corrected chi connectivity index (χ4v) is 0.856. The number of amidine groups is 1. The summed E-state index contributed by atoms with van der Waals surface area (Å²) in [6.07, 6.45) is 0. The number of carbonyl (C=O) groups is 1. The molecule has 0 rings (SSSR count). The van der Waals surface area contributed by atoms with Gasteiger partial charge in [-0.15, -0.1) is 0 Å². The molecular formula is C10H21N3O3. The van der Waals surface area contributed by atoms with Crippen LogP contribution in [0.5, 0.6) is 0 Å². The maximum Gasteiger partial charge on any atom is 0.246 e. The van der Waals surface area contributed by atoms with E-state index in [-0.39, 0.29) is 24.0 Å². The molecule has 0 spiro atoms. The Labute approximate surface area is 95.8 Å². The second-order valence-corrected chi connectivity index (χ2v) is 5.06. The lowest BCUT2D eigenvalue weighted by molar-refractivity contribution is -0.131. The van der Waals surface area contributed by atoms with Gasteiger partial charge in [0.05, 0.1) is 11.1 Å². The van der Waals surface area contributed by atoms with Gasteiger partial charge in [0, 0.05) is 0 Å². The van der Waals surface area contributed by atoms with Gasteiger partial charge < -0.3 is 21.0 Å². The van der Waals surface area contributed by atoms with E-state index in [0.29, 0.717) is 0 Å². The van der Waals surface area contributed by atoms with Crippen molar-refractivity contribution in [2.45, 2.75) is 45.8 Å². The summed E-state index contributed by atoms with van der Waals surface area (Å²) in [5, 5.41) is 14.0. The molecule has 6 nitrogen and oxygen atoms in total. The number of nitrogens with two attached hydrogens (primary N) is 1. The first-order valence-electron chi connectivity index (χ1n) is 5.01. The van der Waals surface area contributed by atoms with Crippen LogP contribution in [0.1, 0.15) is 34.6 Å². The number of hydrogen-bond acceptors (Lipinski definition) is 4. The van der Waals surface area contributed by atoms with Crippen LogP contribution in [0, 0.1) is 0 Å². The van der Waals surface area contributed by atoms with Crippen molar-refractivity contribution in [3.05, 3.63) is 0 Å². The molecule has 0 aromatic rings. The largest absolute Gasteiger partial charge is 0.409 e. The number of nitrogens with one attached hydrogen (secondary N) is 1. The lowest BCUT2D eigenvalue weighted by atomic mass is 10.0. The molecule has 0 atom stereocenters. The molecule has 0 aliphatic carbocycles. The minimum atomic E-state index is -0.896. The monoisotopic (exact) mass is 231 g/mol. The average molecular weight is 231 g/mol. The molecule has 0 aromatic heterocycles. The average Bonchev–Trinajstić information content (AvgIpc) is 2.11. The van der Waals surface area contributed by atoms with Crippen LogP contribution in [-0.2, 0) is 9.53 Å². The van der Waals surface area contributed by atoms with E-state index in [9.17, 15) is 4.79 Å². The first-order chi connectivity index (χ1) is 7.08. The molecule has 0 fully saturated rings. The topological polar surface area (TPSA) is 96.9 Å². The van der Waals surface area contributed by atoms with Crippen LogP contribution in [0.25, 0.3) is 0 Å². The molecule has 16 heavy (non-hydrogen) atoms. The third-order valence-corrected chi connectivity index (χ3v) is 1.84. The van der Waals surface area contributed by atoms with Crippen LogP contribution in [0.15, 0.2) is 5.16 Å². The molecule has 0 bridgehead atoms. The third-order valence-electron chi connectivity index (χ3n) is 1.84. The number of carbonyl (C=O) groups excluding carboxylic acids is 1. The van der Waals surface area contributed by atoms with Crippen molar-refractivity contribution < 1.29 is 14.7 Å². The molecule has 0 saturated heterocycles. The Kier molecular flexibility index (Phi) is 4.74. The van der Waals surface area contributed by atoms with Crippen LogP contribution in [-0.4, -0.2) is 34.7 Å². The number of oxime groups is 1. The predicted molar refractivity (Wildman–Crippen MR) is 61.3 cm³/mol. The third kappa shape index (κ3) is 5.55. The van der Waals surface area contributed by atoms with E-state index in [1.807, 2.05) is 20.8 Å². The van der Waals surface area contributed by atoms with Gasteiger partial charge in [-0.05, 0) is 34.6 Å². The van der Waals surface area contributed by atoms with Crippen molar-refractivity contribution in [2.24, 2.45) is 10.9 Å². The molecule has 1 amide bonds. The molecule has 0 radical (unpaired) electrons. The molecule has 0 unspecified atom stereocenters. The highest BCUT2D eigenvalue weighted by atomic mass is 16.5. The number of ether oxygens (including phenoxy) is 1. The van der Waals surface area contributed by atoms with Crippen LogP contribution >= 0.6 is 0 Å². The summed E-state index contributed by atoms with van der Waals surface area (Å²) in [6.45, 7) is 8.78. The Morgan fingerprint density at radius 2 is 1.88 bits per heavy atom. The fraction of sp³-hybridized carbons (Fsp3) is 0.800. The van der Waals surface area contributed by atoms with Gasteiger partial charge in [-0.1, -0.05) is 5.16 Å². The summed E-state index contributed by atoms with van der Waals surface area (Å²) in [5.41, 5.74) is 4.15. The van der Waals surface area contributed by atoms with Crippen LogP contribution < -0.4 is 11.1 Å². The smallest absolute Gasteiger partial charge is 0.246 e. The molecule has 4 N–H and O–H groups in total. The molecule has 0 saturated carbocycles. The minimum Gasteiger partial charge on any atom is -0.409 e. The lowest BCUT2D eigenvalue weighted by Gasteiger charge is -2.26. The van der Waals surface area contributed by atoms with Crippen molar-refractivity contribution in [2.75, 3.05) is 6.61 Å². The van der Waals surface area contributed by atoms with E-state index in [2.05, 4.69) is 10.5 Å². The van der Waals surface area contributed by atoms with Gasteiger partial charge in [0.25, 0.3) is 0 Å². The van der Waals surface area contributed by atoms with E-state index in [4.69, 9.17) is 15.7 Å². The standard InChI is InChI=1S/C10H21N3O3/c1-9(2,3)16-6-7(14)12-10(4,5)8(11)13-15/h15H,6H2,1-5H3,(H2,11,13)(H,12,14). The molecule has 0 aliphatic rings. The molecule has 0 heterocycles. The second-order valence-electron chi connectivity index (χ2n) is 5.06. The SMILES string of the molecule is CC(C)(C)OCC(=O)NC(C)(C)C(N)=NO. The Balaban J connectivity index is 4.26. The number of rotatable bonds is 4. The zero-order valence-electron chi connectivity index (χ0n) is 10.5. The summed E-state index contributed by atoms with van der Waals surface area (Å²) in [4.78, 5) is 11.5. The van der Waals surface area contributed by atoms with Gasteiger partial charge in [0.15, 0.2) is 5.84 Å². The zero-order chi connectivity index (χ0) is 13.0. The summed E-state index contributed by atoms with van der Waals surface area (Å²) >= 11 is 0. The Morgan fingerprint density at radius 1 is 1.38 bits per heavy atom. The Morgan fingerprint density at radius 3 is 2.25 bits per heavy atom. The zero-order valence-corrected chi connectivity index (χ0v) is 10.5. The van der Waals surface area contributed by atoms with E-state index in [0.717, 1.165) is 0 Å². The van der Waals surface area contributed by atoms with E-state index in [1.165, 1.54) is 0 Å². The van der Waals surface area contributed by atoms with E-state index < -0.39 is 5.54 Å². The first kappa shape index (κ1) is 14.7. The van der Waals surface area contributed by atoms with Crippen molar-refractivity contribution >= 4 is 11.7 Å². The van der Waals surface area contributed by atoms with Crippen LogP contribution in [0.2, 0.25) is 0 Å². The molecule has 6 heteroatoms. The number of hydrogen-bond donors (Lipinski definition) is 3. The minimum absolute atomic E-state index is 0.0587. The number of nitrogens with zero attached hydrogens (tertiary/aromatic N) is 1. The van der Waals surface area contributed by atoms with Gasteiger partial charge in [-0.3, -0.25) is 4.79 Å². The van der Waals surface area contributed by atoms with Crippen molar-refractivity contribution in [1.82, 2.24) is 5.32 Å². The molecule has 0 aromatic carbocycles. The second kappa shape index (κ2) is 5.16. The number of amides is 1. The van der Waals surface area contributed by atoms with Crippen LogP contribution in [0.4, 0.5) is 0 Å². The van der Waals surface area contributed by atoms with Gasteiger partial charge in [-0.2, -0.15) is 0 Å². The molecular weight excluding hydrogens is 210 g/mol. The van der Waals surface area contributed by atoms with Gasteiger partial charge in [-0.25, -0.2) is 0 Å². The normalized spacial score (nSPS) is 13.7. The first-order valence-corrected chi connectivity index (χ1v) is 5.01. The van der Waals surface area contributed by atoms with Gasteiger partial charge in [0.1, 0.15) is 6.61 Å². The van der Waals surface area contributed by atoms with Gasteiger partial charge >= 0.3 is 0 Å². The predicted octanol–water partition coefficient (Wildman–Crippen LogP) is 0.443. The van der Waals surface area contributed by atoms with Crippen molar-refractivity contribution in [1.29, 1.82) is 0 Å². The lowest BCUT2D eigenvalue weighted by Crippen LogP contribution is -2.54. The Hall–Kier alpha value is -1.30. The highest BCUT2D eigenvalue weighted by Gasteiger charge is 2.26. The maximum atomic E-state index is 11.5. The van der Waals surface area contributed by atoms with E-state index >= 15 is 0 Å². The summed E-state index contributed by atoms with van der Waals surface area (Å²) < 4.78 is 5.30. The van der Waals surface area contributed by atoms with Crippen molar-refractivity contribution in [3.63, 3.8) is 0 Å². The highest BCUT2D eigenvalue weighted by molar-refractivity contribution is 5.93. The maximum absolute atomic E-state index is 11.5. The van der Waals surface area contributed by atoms with Crippen LogP contribution in [0.3, 0.4) is 0 Å². The highest BCUT2D eigenvalue weighted by Crippen LogP contribution is 2.07. The molecule has 94 valence electrons. The van der Waals surface area contributed by atoms with Crippen molar-refractivity contribution in [3.8, 4) is 0 Å². The molecule has 0 aliphatic heterocycles. The summed E-state index contributed by atoms with van der Waals surface area (Å²) in [5.74, 6) is -0.372. The summed E-state index contributed by atoms with van der Waals surface area (Å²) in [6, 6.07) is 0. The van der Waals surface area contributed by atoms with Gasteiger partial charge in [0.2, 0.25) is 5.91 Å². The Bertz CT molecular complexity index is 280.